The van der Waals surface area contributed by atoms with Gasteiger partial charge in [-0.3, -0.25) is 14.4 Å². The number of nitrogens with one attached hydrogen (secondary N) is 1. The highest BCUT2D eigenvalue weighted by atomic mass is 35.5. The standard InChI is InChI=1S/C17H21Cl2N3O4/c1-11(2)20-16(24)17(25)22-7-5-21(6-8-22)15(23)10-26-12-3-4-13(18)14(19)9-12/h3-4,9,11H,5-8,10H2,1-2H3,(H,20,24). The van der Waals surface area contributed by atoms with Crippen LogP contribution in [0.3, 0.4) is 0 Å². The van der Waals surface area contributed by atoms with Crippen molar-refractivity contribution in [3.8, 4) is 5.75 Å². The first-order chi connectivity index (χ1) is 12.3. The van der Waals surface area contributed by atoms with Crippen LogP contribution in [0.2, 0.25) is 10.0 Å². The van der Waals surface area contributed by atoms with Crippen molar-refractivity contribution < 1.29 is 19.1 Å². The number of piperazine rings is 1. The molecule has 0 aliphatic carbocycles. The number of rotatable bonds is 4. The molecule has 0 bridgehead atoms. The van der Waals surface area contributed by atoms with E-state index in [-0.39, 0.29) is 18.6 Å². The van der Waals surface area contributed by atoms with E-state index >= 15 is 0 Å². The van der Waals surface area contributed by atoms with Crippen LogP contribution in [0.1, 0.15) is 13.8 Å². The van der Waals surface area contributed by atoms with E-state index in [0.717, 1.165) is 0 Å². The van der Waals surface area contributed by atoms with Gasteiger partial charge in [-0.25, -0.2) is 0 Å². The molecule has 1 aromatic carbocycles. The molecule has 26 heavy (non-hydrogen) atoms. The summed E-state index contributed by atoms with van der Waals surface area (Å²) in [6.07, 6.45) is 0. The lowest BCUT2D eigenvalue weighted by Crippen LogP contribution is -2.55. The Morgan fingerprint density at radius 2 is 1.69 bits per heavy atom. The molecule has 1 aromatic rings. The van der Waals surface area contributed by atoms with E-state index in [0.29, 0.717) is 42.0 Å². The summed E-state index contributed by atoms with van der Waals surface area (Å²) in [5.74, 6) is -0.942. The number of amides is 3. The second-order valence-corrected chi connectivity index (χ2v) is 6.98. The molecule has 1 aliphatic rings. The van der Waals surface area contributed by atoms with Crippen LogP contribution < -0.4 is 10.1 Å². The molecule has 1 N–H and O–H groups in total. The minimum absolute atomic E-state index is 0.104. The summed E-state index contributed by atoms with van der Waals surface area (Å²) in [5.41, 5.74) is 0. The summed E-state index contributed by atoms with van der Waals surface area (Å²) in [6, 6.07) is 4.66. The zero-order valence-corrected chi connectivity index (χ0v) is 16.1. The number of ether oxygens (including phenoxy) is 1. The minimum atomic E-state index is -0.622. The Labute approximate surface area is 162 Å². The monoisotopic (exact) mass is 401 g/mol. The zero-order chi connectivity index (χ0) is 19.3. The van der Waals surface area contributed by atoms with Gasteiger partial charge >= 0.3 is 11.8 Å². The van der Waals surface area contributed by atoms with Gasteiger partial charge in [0.2, 0.25) is 0 Å². The Morgan fingerprint density at radius 1 is 1.08 bits per heavy atom. The number of hydrogen-bond acceptors (Lipinski definition) is 4. The second kappa shape index (κ2) is 9.09. The van der Waals surface area contributed by atoms with Crippen molar-refractivity contribution in [1.82, 2.24) is 15.1 Å². The average Bonchev–Trinajstić information content (AvgIpc) is 2.61. The quantitative estimate of drug-likeness (QED) is 0.776. The molecule has 142 valence electrons. The van der Waals surface area contributed by atoms with Gasteiger partial charge in [0.05, 0.1) is 10.0 Å². The van der Waals surface area contributed by atoms with E-state index in [1.807, 2.05) is 0 Å². The maximum atomic E-state index is 12.2. The van der Waals surface area contributed by atoms with Crippen molar-refractivity contribution in [2.45, 2.75) is 19.9 Å². The average molecular weight is 402 g/mol. The topological polar surface area (TPSA) is 79.0 Å². The third kappa shape index (κ3) is 5.51. The highest BCUT2D eigenvalue weighted by molar-refractivity contribution is 6.42. The lowest BCUT2D eigenvalue weighted by atomic mass is 10.3. The number of benzene rings is 1. The molecule has 1 saturated heterocycles. The fourth-order valence-electron chi connectivity index (χ4n) is 2.43. The summed E-state index contributed by atoms with van der Waals surface area (Å²) in [5, 5.41) is 3.33. The molecule has 9 heteroatoms. The van der Waals surface area contributed by atoms with Crippen molar-refractivity contribution in [2.75, 3.05) is 32.8 Å². The Kier molecular flexibility index (Phi) is 7.11. The van der Waals surface area contributed by atoms with Crippen LogP contribution in [0.25, 0.3) is 0 Å². The molecule has 1 aliphatic heterocycles. The molecule has 0 unspecified atom stereocenters. The van der Waals surface area contributed by atoms with Crippen molar-refractivity contribution in [3.05, 3.63) is 28.2 Å². The third-order valence-corrected chi connectivity index (χ3v) is 4.53. The maximum absolute atomic E-state index is 12.2. The number of carbonyl (C=O) groups is 3. The summed E-state index contributed by atoms with van der Waals surface area (Å²) in [6.45, 7) is 4.76. The Hall–Kier alpha value is -1.99. The predicted molar refractivity (Wildman–Crippen MR) is 98.4 cm³/mol. The first-order valence-electron chi connectivity index (χ1n) is 8.23. The van der Waals surface area contributed by atoms with E-state index in [4.69, 9.17) is 27.9 Å². The van der Waals surface area contributed by atoms with E-state index in [1.165, 1.54) is 4.90 Å². The van der Waals surface area contributed by atoms with Gasteiger partial charge in [-0.2, -0.15) is 0 Å². The largest absolute Gasteiger partial charge is 0.484 e. The first kappa shape index (κ1) is 20.3. The number of carbonyl (C=O) groups excluding carboxylic acids is 3. The summed E-state index contributed by atoms with van der Waals surface area (Å²) >= 11 is 11.7. The Balaban J connectivity index is 1.79. The smallest absolute Gasteiger partial charge is 0.312 e. The van der Waals surface area contributed by atoms with Gasteiger partial charge in [-0.15, -0.1) is 0 Å². The maximum Gasteiger partial charge on any atom is 0.312 e. The van der Waals surface area contributed by atoms with Crippen molar-refractivity contribution in [1.29, 1.82) is 0 Å². The minimum Gasteiger partial charge on any atom is -0.484 e. The third-order valence-electron chi connectivity index (χ3n) is 3.79. The van der Waals surface area contributed by atoms with Crippen LogP contribution >= 0.6 is 23.2 Å². The van der Waals surface area contributed by atoms with Gasteiger partial charge in [0, 0.05) is 38.3 Å². The van der Waals surface area contributed by atoms with Gasteiger partial charge in [0.1, 0.15) is 5.75 Å². The van der Waals surface area contributed by atoms with Crippen molar-refractivity contribution in [2.24, 2.45) is 0 Å². The van der Waals surface area contributed by atoms with E-state index < -0.39 is 11.8 Å². The molecule has 2 rings (SSSR count). The zero-order valence-electron chi connectivity index (χ0n) is 14.6. The lowest BCUT2D eigenvalue weighted by molar-refractivity contribution is -0.148. The Bertz CT molecular complexity index is 689. The van der Waals surface area contributed by atoms with Gasteiger partial charge in [-0.05, 0) is 26.0 Å². The predicted octanol–water partition coefficient (Wildman–Crippen LogP) is 1.57. The SMILES string of the molecule is CC(C)NC(=O)C(=O)N1CCN(C(=O)COc2ccc(Cl)c(Cl)c2)CC1. The summed E-state index contributed by atoms with van der Waals surface area (Å²) in [4.78, 5) is 39.1. The first-order valence-corrected chi connectivity index (χ1v) is 8.99. The lowest BCUT2D eigenvalue weighted by Gasteiger charge is -2.34. The van der Waals surface area contributed by atoms with E-state index in [9.17, 15) is 14.4 Å². The van der Waals surface area contributed by atoms with Gasteiger partial charge in [0.25, 0.3) is 5.91 Å². The molecule has 1 heterocycles. The van der Waals surface area contributed by atoms with E-state index in [1.54, 1.807) is 36.9 Å². The molecule has 0 radical (unpaired) electrons. The van der Waals surface area contributed by atoms with Crippen LogP contribution in [0, 0.1) is 0 Å². The van der Waals surface area contributed by atoms with Crippen LogP contribution in [0.5, 0.6) is 5.75 Å². The van der Waals surface area contributed by atoms with Crippen molar-refractivity contribution in [3.63, 3.8) is 0 Å². The van der Waals surface area contributed by atoms with Crippen molar-refractivity contribution >= 4 is 40.9 Å². The molecular weight excluding hydrogens is 381 g/mol. The van der Waals surface area contributed by atoms with Crippen LogP contribution in [-0.4, -0.2) is 66.3 Å². The molecule has 1 fully saturated rings. The van der Waals surface area contributed by atoms with Gasteiger partial charge < -0.3 is 19.9 Å². The molecular formula is C17H21Cl2N3O4. The summed E-state index contributed by atoms with van der Waals surface area (Å²) < 4.78 is 5.43. The fourth-order valence-corrected chi connectivity index (χ4v) is 2.72. The highest BCUT2D eigenvalue weighted by Gasteiger charge is 2.28. The molecule has 0 aromatic heterocycles. The fraction of sp³-hybridized carbons (Fsp3) is 0.471. The van der Waals surface area contributed by atoms with Crippen LogP contribution in [0.15, 0.2) is 18.2 Å². The molecule has 0 saturated carbocycles. The summed E-state index contributed by atoms with van der Waals surface area (Å²) in [7, 11) is 0. The second-order valence-electron chi connectivity index (χ2n) is 6.17. The Morgan fingerprint density at radius 3 is 2.27 bits per heavy atom. The molecule has 3 amide bonds. The number of nitrogens with zero attached hydrogens (tertiary/aromatic N) is 2. The van der Waals surface area contributed by atoms with Gasteiger partial charge in [0.15, 0.2) is 6.61 Å². The number of halogens is 2. The highest BCUT2D eigenvalue weighted by Crippen LogP contribution is 2.26. The van der Waals surface area contributed by atoms with Gasteiger partial charge in [-0.1, -0.05) is 23.2 Å². The van der Waals surface area contributed by atoms with Crippen LogP contribution in [-0.2, 0) is 14.4 Å². The molecule has 7 nitrogen and oxygen atoms in total. The van der Waals surface area contributed by atoms with E-state index in [2.05, 4.69) is 5.32 Å². The molecule has 0 atom stereocenters. The normalized spacial score (nSPS) is 14.3. The number of hydrogen-bond donors (Lipinski definition) is 1. The molecule has 0 spiro atoms. The van der Waals surface area contributed by atoms with Crippen LogP contribution in [0.4, 0.5) is 0 Å².